The van der Waals surface area contributed by atoms with Gasteiger partial charge >= 0.3 is 0 Å². The van der Waals surface area contributed by atoms with E-state index in [2.05, 4.69) is 0 Å². The number of methoxy groups -OCH3 is 2. The van der Waals surface area contributed by atoms with Crippen LogP contribution in [0.1, 0.15) is 41.4 Å². The summed E-state index contributed by atoms with van der Waals surface area (Å²) in [7, 11) is 2.72. The number of rotatable bonds is 6. The summed E-state index contributed by atoms with van der Waals surface area (Å²) in [6.07, 6.45) is 0. The summed E-state index contributed by atoms with van der Waals surface area (Å²) in [6.45, 7) is 0. The number of amides is 4. The van der Waals surface area contributed by atoms with Crippen LogP contribution in [0.25, 0.3) is 22.3 Å². The van der Waals surface area contributed by atoms with Crippen LogP contribution in [0.4, 0.5) is 22.7 Å². The van der Waals surface area contributed by atoms with Crippen molar-refractivity contribution in [1.29, 1.82) is 0 Å². The molecule has 0 aliphatic carbocycles. The molecule has 0 bridgehead atoms. The lowest BCUT2D eigenvalue weighted by molar-refractivity contribution is 0.0908. The summed E-state index contributed by atoms with van der Waals surface area (Å²) in [4.78, 5) is 56.7. The summed E-state index contributed by atoms with van der Waals surface area (Å²) in [5, 5.41) is 0. The van der Waals surface area contributed by atoms with Crippen molar-refractivity contribution in [3.8, 4) is 33.8 Å². The van der Waals surface area contributed by atoms with Crippen molar-refractivity contribution in [2.45, 2.75) is 0 Å². The molecule has 46 heavy (non-hydrogen) atoms. The molecule has 4 amide bonds. The first-order chi connectivity index (χ1) is 22.2. The van der Waals surface area contributed by atoms with Crippen LogP contribution in [0.3, 0.4) is 0 Å². The fraction of sp³-hybridized carbons (Fsp3) is 0.0556. The van der Waals surface area contributed by atoms with Crippen LogP contribution in [-0.4, -0.2) is 37.8 Å². The SMILES string of the molecule is COc1cc(N2C(=O)c3ccc(-c4ccc(N)cc4)cc3C2=O)cc(OC)c1N1C(=O)c2ccc(-c3ccc(N)cc3)cc2C1=O. The highest BCUT2D eigenvalue weighted by Gasteiger charge is 2.42. The van der Waals surface area contributed by atoms with Crippen molar-refractivity contribution in [2.75, 3.05) is 35.5 Å². The molecule has 0 fully saturated rings. The van der Waals surface area contributed by atoms with E-state index in [1.165, 1.54) is 26.4 Å². The van der Waals surface area contributed by atoms with Crippen molar-refractivity contribution in [3.63, 3.8) is 0 Å². The minimum atomic E-state index is -0.572. The molecule has 0 radical (unpaired) electrons. The number of carbonyl (C=O) groups excluding carboxylic acids is 4. The Morgan fingerprint density at radius 1 is 0.457 bits per heavy atom. The fourth-order valence-electron chi connectivity index (χ4n) is 5.86. The van der Waals surface area contributed by atoms with E-state index in [9.17, 15) is 19.2 Å². The molecule has 0 atom stereocenters. The van der Waals surface area contributed by atoms with E-state index in [-0.39, 0.29) is 45.1 Å². The lowest BCUT2D eigenvalue weighted by Gasteiger charge is -2.23. The molecule has 2 aliphatic rings. The third-order valence-corrected chi connectivity index (χ3v) is 8.21. The minimum absolute atomic E-state index is 0.0521. The molecule has 226 valence electrons. The van der Waals surface area contributed by atoms with Gasteiger partial charge in [-0.15, -0.1) is 0 Å². The van der Waals surface area contributed by atoms with Gasteiger partial charge in [0.25, 0.3) is 23.6 Å². The molecule has 2 aliphatic heterocycles. The number of benzene rings is 5. The highest BCUT2D eigenvalue weighted by atomic mass is 16.5. The molecule has 0 saturated heterocycles. The van der Waals surface area contributed by atoms with Crippen molar-refractivity contribution >= 4 is 46.4 Å². The Labute approximate surface area is 263 Å². The predicted octanol–water partition coefficient (Wildman–Crippen LogP) is 5.80. The van der Waals surface area contributed by atoms with Gasteiger partial charge in [0.05, 0.1) is 42.2 Å². The van der Waals surface area contributed by atoms with Crippen LogP contribution in [0.5, 0.6) is 11.5 Å². The first-order valence-corrected chi connectivity index (χ1v) is 14.2. The monoisotopic (exact) mass is 610 g/mol. The van der Waals surface area contributed by atoms with Crippen LogP contribution in [0.2, 0.25) is 0 Å². The highest BCUT2D eigenvalue weighted by Crippen LogP contribution is 2.46. The van der Waals surface area contributed by atoms with E-state index in [0.717, 1.165) is 32.1 Å². The number of nitrogens with two attached hydrogens (primary N) is 2. The second kappa shape index (κ2) is 10.6. The third-order valence-electron chi connectivity index (χ3n) is 8.21. The smallest absolute Gasteiger partial charge is 0.266 e. The van der Waals surface area contributed by atoms with Gasteiger partial charge in [-0.1, -0.05) is 36.4 Å². The molecule has 4 N–H and O–H groups in total. The summed E-state index contributed by atoms with van der Waals surface area (Å²) in [5.74, 6) is -2.09. The standard InChI is InChI=1S/C36H26N4O6/c1-45-30-17-25(39-33(41)26-13-7-21(15-28(26)35(39)43)19-3-9-23(37)10-4-19)18-31(46-2)32(30)40-34(42)27-14-8-22(16-29(27)36(40)44)20-5-11-24(38)12-6-20/h3-18H,37-38H2,1-2H3. The van der Waals surface area contributed by atoms with Gasteiger partial charge in [-0.2, -0.15) is 0 Å². The number of ether oxygens (including phenoxy) is 2. The Balaban J connectivity index is 1.25. The number of anilines is 4. The van der Waals surface area contributed by atoms with Crippen molar-refractivity contribution in [2.24, 2.45) is 0 Å². The Morgan fingerprint density at radius 3 is 1.26 bits per heavy atom. The largest absolute Gasteiger partial charge is 0.494 e. The zero-order chi connectivity index (χ0) is 32.3. The maximum absolute atomic E-state index is 13.8. The number of imide groups is 2. The number of carbonyl (C=O) groups is 4. The molecular formula is C36H26N4O6. The van der Waals surface area contributed by atoms with Crippen LogP contribution in [0.15, 0.2) is 97.1 Å². The Morgan fingerprint density at radius 2 is 0.826 bits per heavy atom. The van der Waals surface area contributed by atoms with Gasteiger partial charge in [0.1, 0.15) is 17.2 Å². The van der Waals surface area contributed by atoms with Gasteiger partial charge in [-0.05, 0) is 70.8 Å². The zero-order valence-electron chi connectivity index (χ0n) is 24.7. The molecule has 2 heterocycles. The fourth-order valence-corrected chi connectivity index (χ4v) is 5.86. The van der Waals surface area contributed by atoms with Crippen LogP contribution >= 0.6 is 0 Å². The molecule has 10 heteroatoms. The number of nitrogen functional groups attached to an aromatic ring is 2. The van der Waals surface area contributed by atoms with Crippen molar-refractivity contribution in [3.05, 3.63) is 119 Å². The molecule has 5 aromatic rings. The van der Waals surface area contributed by atoms with Gasteiger partial charge in [0.15, 0.2) is 0 Å². The Bertz CT molecular complexity index is 2100. The van der Waals surface area contributed by atoms with Gasteiger partial charge in [-0.3, -0.25) is 19.2 Å². The molecule has 7 rings (SSSR count). The minimum Gasteiger partial charge on any atom is -0.494 e. The van der Waals surface area contributed by atoms with E-state index in [1.807, 2.05) is 24.3 Å². The molecule has 0 saturated carbocycles. The van der Waals surface area contributed by atoms with E-state index < -0.39 is 23.6 Å². The first-order valence-electron chi connectivity index (χ1n) is 14.2. The molecular weight excluding hydrogens is 584 g/mol. The van der Waals surface area contributed by atoms with E-state index in [1.54, 1.807) is 60.7 Å². The number of hydrogen-bond donors (Lipinski definition) is 2. The molecule has 10 nitrogen and oxygen atoms in total. The van der Waals surface area contributed by atoms with Gasteiger partial charge in [-0.25, -0.2) is 9.80 Å². The zero-order valence-corrected chi connectivity index (χ0v) is 24.7. The third kappa shape index (κ3) is 4.34. The second-order valence-electron chi connectivity index (χ2n) is 10.9. The summed E-state index contributed by atoms with van der Waals surface area (Å²) < 4.78 is 11.3. The number of hydrogen-bond acceptors (Lipinski definition) is 8. The predicted molar refractivity (Wildman–Crippen MR) is 174 cm³/mol. The number of nitrogens with zero attached hydrogens (tertiary/aromatic N) is 2. The maximum Gasteiger partial charge on any atom is 0.266 e. The van der Waals surface area contributed by atoms with E-state index >= 15 is 0 Å². The topological polar surface area (TPSA) is 145 Å². The van der Waals surface area contributed by atoms with Gasteiger partial charge < -0.3 is 20.9 Å². The summed E-state index contributed by atoms with van der Waals surface area (Å²) in [5.41, 5.74) is 17.1. The molecule has 0 spiro atoms. The van der Waals surface area contributed by atoms with Crippen LogP contribution < -0.4 is 30.7 Å². The molecule has 0 aromatic heterocycles. The highest BCUT2D eigenvalue weighted by molar-refractivity contribution is 6.37. The quantitative estimate of drug-likeness (QED) is 0.181. The lowest BCUT2D eigenvalue weighted by atomic mass is 10.00. The first kappa shape index (κ1) is 28.4. The van der Waals surface area contributed by atoms with Crippen molar-refractivity contribution < 1.29 is 28.7 Å². The van der Waals surface area contributed by atoms with E-state index in [4.69, 9.17) is 20.9 Å². The summed E-state index contributed by atoms with van der Waals surface area (Å²) in [6, 6.07) is 27.3. The second-order valence-corrected chi connectivity index (χ2v) is 10.9. The van der Waals surface area contributed by atoms with Crippen molar-refractivity contribution in [1.82, 2.24) is 0 Å². The normalized spacial score (nSPS) is 13.7. The van der Waals surface area contributed by atoms with Gasteiger partial charge in [0.2, 0.25) is 0 Å². The Hall–Kier alpha value is -6.42. The maximum atomic E-state index is 13.8. The summed E-state index contributed by atoms with van der Waals surface area (Å²) >= 11 is 0. The van der Waals surface area contributed by atoms with Gasteiger partial charge in [0, 0.05) is 23.5 Å². The van der Waals surface area contributed by atoms with Crippen LogP contribution in [0, 0.1) is 0 Å². The lowest BCUT2D eigenvalue weighted by Crippen LogP contribution is -2.31. The van der Waals surface area contributed by atoms with Crippen LogP contribution in [-0.2, 0) is 0 Å². The Kier molecular flexibility index (Phi) is 6.56. The molecule has 0 unspecified atom stereocenters. The molecule has 5 aromatic carbocycles. The average molecular weight is 611 g/mol. The average Bonchev–Trinajstić information content (AvgIpc) is 3.47. The van der Waals surface area contributed by atoms with E-state index in [0.29, 0.717) is 11.4 Å². The number of fused-ring (bicyclic) bond motifs is 2.